The minimum absolute atomic E-state index is 0.0981. The summed E-state index contributed by atoms with van der Waals surface area (Å²) in [5.41, 5.74) is 3.23. The quantitative estimate of drug-likeness (QED) is 0.714. The lowest BCUT2D eigenvalue weighted by Gasteiger charge is -2.33. The first-order valence-electron chi connectivity index (χ1n) is 6.68. The first-order chi connectivity index (χ1) is 8.79. The van der Waals surface area contributed by atoms with Crippen LogP contribution in [0.25, 0.3) is 0 Å². The molecule has 1 heterocycles. The highest BCUT2D eigenvalue weighted by Crippen LogP contribution is 2.30. The molecule has 0 aromatic carbocycles. The van der Waals surface area contributed by atoms with Gasteiger partial charge in [-0.15, -0.1) is 6.42 Å². The van der Waals surface area contributed by atoms with Gasteiger partial charge < -0.3 is 4.74 Å². The third-order valence-electron chi connectivity index (χ3n) is 3.74. The number of hydrazine groups is 1. The molecule has 1 aliphatic carbocycles. The van der Waals surface area contributed by atoms with Crippen molar-refractivity contribution in [3.05, 3.63) is 0 Å². The molecule has 1 saturated carbocycles. The minimum atomic E-state index is -0.624. The minimum Gasteiger partial charge on any atom is -0.364 e. The number of rotatable bonds is 5. The fraction of sp³-hybridized carbons (Fsp3) is 0.846. The molecular weight excluding hydrogens is 233 g/mol. The summed E-state index contributed by atoms with van der Waals surface area (Å²) in [6.07, 6.45) is 7.85. The molecule has 0 amide bonds. The summed E-state index contributed by atoms with van der Waals surface area (Å²) in [6.45, 7) is 2.74. The average molecular weight is 255 g/mol. The Hall–Kier alpha value is -0.670. The Bertz CT molecular complexity index is 280. The smallest absolute Gasteiger partial charge is 0.107 e. The van der Waals surface area contributed by atoms with E-state index >= 15 is 0 Å². The van der Waals surface area contributed by atoms with Crippen LogP contribution in [0.3, 0.4) is 0 Å². The SMILES string of the molecule is C#CCOC(CN1CNCN1)C1CCC(F)CC1. The largest absolute Gasteiger partial charge is 0.364 e. The van der Waals surface area contributed by atoms with Crippen molar-refractivity contribution in [1.82, 2.24) is 15.8 Å². The van der Waals surface area contributed by atoms with Gasteiger partial charge in [0.25, 0.3) is 0 Å². The number of halogens is 1. The van der Waals surface area contributed by atoms with E-state index in [0.717, 1.165) is 32.7 Å². The summed E-state index contributed by atoms with van der Waals surface area (Å²) in [5.74, 6) is 2.94. The second kappa shape index (κ2) is 7.05. The third kappa shape index (κ3) is 3.92. The summed E-state index contributed by atoms with van der Waals surface area (Å²) >= 11 is 0. The van der Waals surface area contributed by atoms with Gasteiger partial charge in [0.2, 0.25) is 0 Å². The maximum Gasteiger partial charge on any atom is 0.107 e. The molecule has 0 radical (unpaired) electrons. The summed E-state index contributed by atoms with van der Waals surface area (Å²) < 4.78 is 18.9. The van der Waals surface area contributed by atoms with Gasteiger partial charge in [-0.1, -0.05) is 5.92 Å². The van der Waals surface area contributed by atoms with Crippen LogP contribution in [-0.4, -0.2) is 43.8 Å². The maximum absolute atomic E-state index is 13.2. The molecule has 102 valence electrons. The van der Waals surface area contributed by atoms with Crippen LogP contribution in [0.5, 0.6) is 0 Å². The highest BCUT2D eigenvalue weighted by atomic mass is 19.1. The fourth-order valence-corrected chi connectivity index (χ4v) is 2.70. The molecule has 2 aliphatic rings. The van der Waals surface area contributed by atoms with Crippen LogP contribution in [0.15, 0.2) is 0 Å². The van der Waals surface area contributed by atoms with Gasteiger partial charge in [-0.3, -0.25) is 5.32 Å². The van der Waals surface area contributed by atoms with Gasteiger partial charge in [-0.25, -0.2) is 14.8 Å². The number of terminal acetylenes is 1. The Kier molecular flexibility index (Phi) is 5.39. The first-order valence-corrected chi connectivity index (χ1v) is 6.68. The molecule has 5 heteroatoms. The Balaban J connectivity index is 1.85. The van der Waals surface area contributed by atoms with Crippen molar-refractivity contribution in [3.8, 4) is 12.3 Å². The van der Waals surface area contributed by atoms with E-state index < -0.39 is 6.17 Å². The van der Waals surface area contributed by atoms with Crippen molar-refractivity contribution in [1.29, 1.82) is 0 Å². The van der Waals surface area contributed by atoms with E-state index in [1.54, 1.807) is 0 Å². The van der Waals surface area contributed by atoms with E-state index in [4.69, 9.17) is 11.2 Å². The number of hydrogen-bond acceptors (Lipinski definition) is 4. The van der Waals surface area contributed by atoms with Crippen molar-refractivity contribution in [2.45, 2.75) is 38.0 Å². The standard InChI is InChI=1S/C13H22FN3O/c1-2-7-18-13(8-17-10-15-9-16-17)11-3-5-12(14)6-4-11/h1,11-13,15-16H,3-10H2. The van der Waals surface area contributed by atoms with Gasteiger partial charge in [-0.2, -0.15) is 0 Å². The van der Waals surface area contributed by atoms with E-state index in [1.807, 2.05) is 0 Å². The molecule has 2 rings (SSSR count). The van der Waals surface area contributed by atoms with Crippen LogP contribution < -0.4 is 10.7 Å². The molecular formula is C13H22FN3O. The molecule has 0 bridgehead atoms. The molecule has 0 aromatic heterocycles. The molecule has 1 saturated heterocycles. The Morgan fingerprint density at radius 1 is 1.39 bits per heavy atom. The summed E-state index contributed by atoms with van der Waals surface area (Å²) in [4.78, 5) is 0. The van der Waals surface area contributed by atoms with Crippen LogP contribution >= 0.6 is 0 Å². The first kappa shape index (κ1) is 13.8. The van der Waals surface area contributed by atoms with Crippen LogP contribution in [0.1, 0.15) is 25.7 Å². The van der Waals surface area contributed by atoms with Gasteiger partial charge in [0.15, 0.2) is 0 Å². The van der Waals surface area contributed by atoms with Crippen molar-refractivity contribution < 1.29 is 9.13 Å². The molecule has 18 heavy (non-hydrogen) atoms. The van der Waals surface area contributed by atoms with E-state index in [2.05, 4.69) is 21.7 Å². The van der Waals surface area contributed by atoms with Crippen molar-refractivity contribution >= 4 is 0 Å². The lowest BCUT2D eigenvalue weighted by Crippen LogP contribution is -2.43. The Morgan fingerprint density at radius 3 is 2.78 bits per heavy atom. The monoisotopic (exact) mass is 255 g/mol. The normalized spacial score (nSPS) is 31.1. The molecule has 0 spiro atoms. The van der Waals surface area contributed by atoms with Gasteiger partial charge in [0.05, 0.1) is 19.4 Å². The van der Waals surface area contributed by atoms with Crippen molar-refractivity contribution in [2.75, 3.05) is 26.5 Å². The molecule has 1 atom stereocenters. The van der Waals surface area contributed by atoms with Crippen LogP contribution in [0, 0.1) is 18.3 Å². The zero-order valence-corrected chi connectivity index (χ0v) is 10.7. The van der Waals surface area contributed by atoms with Crippen LogP contribution in [0.4, 0.5) is 4.39 Å². The third-order valence-corrected chi connectivity index (χ3v) is 3.74. The zero-order valence-electron chi connectivity index (χ0n) is 10.7. The Morgan fingerprint density at radius 2 is 2.17 bits per heavy atom. The van der Waals surface area contributed by atoms with Crippen LogP contribution in [0.2, 0.25) is 0 Å². The predicted molar refractivity (Wildman–Crippen MR) is 68.1 cm³/mol. The van der Waals surface area contributed by atoms with E-state index in [-0.39, 0.29) is 6.10 Å². The topological polar surface area (TPSA) is 36.5 Å². The molecule has 2 fully saturated rings. The predicted octanol–water partition coefficient (Wildman–Crippen LogP) is 0.858. The molecule has 2 N–H and O–H groups in total. The number of nitrogens with one attached hydrogen (secondary N) is 2. The van der Waals surface area contributed by atoms with Gasteiger partial charge in [0.1, 0.15) is 12.8 Å². The van der Waals surface area contributed by atoms with Crippen molar-refractivity contribution in [3.63, 3.8) is 0 Å². The van der Waals surface area contributed by atoms with E-state index in [9.17, 15) is 4.39 Å². The number of alkyl halides is 1. The highest BCUT2D eigenvalue weighted by Gasteiger charge is 2.30. The second-order valence-corrected chi connectivity index (χ2v) is 5.03. The summed E-state index contributed by atoms with van der Waals surface area (Å²) in [7, 11) is 0. The van der Waals surface area contributed by atoms with E-state index in [1.165, 1.54) is 0 Å². The Labute approximate surface area is 108 Å². The lowest BCUT2D eigenvalue weighted by atomic mass is 9.84. The van der Waals surface area contributed by atoms with Gasteiger partial charge in [-0.05, 0) is 31.6 Å². The molecule has 4 nitrogen and oxygen atoms in total. The average Bonchev–Trinajstić information content (AvgIpc) is 2.88. The molecule has 1 unspecified atom stereocenters. The molecule has 0 aromatic rings. The maximum atomic E-state index is 13.2. The van der Waals surface area contributed by atoms with Crippen LogP contribution in [-0.2, 0) is 4.74 Å². The fourth-order valence-electron chi connectivity index (χ4n) is 2.70. The van der Waals surface area contributed by atoms with Gasteiger partial charge >= 0.3 is 0 Å². The number of ether oxygens (including phenoxy) is 1. The number of nitrogens with zero attached hydrogens (tertiary/aromatic N) is 1. The lowest BCUT2D eigenvalue weighted by molar-refractivity contribution is -0.0162. The van der Waals surface area contributed by atoms with Crippen molar-refractivity contribution in [2.24, 2.45) is 5.92 Å². The summed E-state index contributed by atoms with van der Waals surface area (Å²) in [6, 6.07) is 0. The number of hydrogen-bond donors (Lipinski definition) is 2. The summed E-state index contributed by atoms with van der Waals surface area (Å²) in [5, 5.41) is 5.30. The highest BCUT2D eigenvalue weighted by molar-refractivity contribution is 4.86. The van der Waals surface area contributed by atoms with Gasteiger partial charge in [0, 0.05) is 6.54 Å². The molecule has 1 aliphatic heterocycles. The zero-order chi connectivity index (χ0) is 12.8. The second-order valence-electron chi connectivity index (χ2n) is 5.03. The van der Waals surface area contributed by atoms with E-state index in [0.29, 0.717) is 25.4 Å².